The van der Waals surface area contributed by atoms with Gasteiger partial charge in [0.05, 0.1) is 11.4 Å². The van der Waals surface area contributed by atoms with Crippen LogP contribution >= 0.6 is 48.0 Å². The van der Waals surface area contributed by atoms with Crippen LogP contribution in [0, 0.1) is 0 Å². The van der Waals surface area contributed by atoms with Crippen LogP contribution in [0.15, 0.2) is 21.6 Å². The predicted molar refractivity (Wildman–Crippen MR) is 138 cm³/mol. The SMILES string of the molecule is CN(CCSCc1ncoc1CSCCN(C)C(N)=S)C(N)=S.O=C(O)c1conc1C(=O)O. The summed E-state index contributed by atoms with van der Waals surface area (Å²) in [6.45, 7) is 1.65. The van der Waals surface area contributed by atoms with Gasteiger partial charge in [-0.3, -0.25) is 0 Å². The molecule has 0 bridgehead atoms. The van der Waals surface area contributed by atoms with Gasteiger partial charge in [0.2, 0.25) is 5.69 Å². The highest BCUT2D eigenvalue weighted by atomic mass is 32.2. The molecule has 16 heteroatoms. The average Bonchev–Trinajstić information content (AvgIpc) is 3.44. The molecule has 0 aliphatic carbocycles. The lowest BCUT2D eigenvalue weighted by atomic mass is 10.2. The van der Waals surface area contributed by atoms with Gasteiger partial charge in [0.25, 0.3) is 0 Å². The first-order valence-electron chi connectivity index (χ1n) is 9.53. The molecule has 0 saturated heterocycles. The number of hydrogen-bond donors (Lipinski definition) is 4. The van der Waals surface area contributed by atoms with Gasteiger partial charge in [-0.2, -0.15) is 23.5 Å². The second-order valence-electron chi connectivity index (χ2n) is 6.53. The second-order valence-corrected chi connectivity index (χ2v) is 9.58. The second kappa shape index (κ2) is 15.4. The number of carboxylic acid groups (broad SMARTS) is 2. The smallest absolute Gasteiger partial charge is 0.359 e. The quantitative estimate of drug-likeness (QED) is 0.220. The minimum atomic E-state index is -1.42. The maximum absolute atomic E-state index is 10.2. The maximum atomic E-state index is 10.2. The van der Waals surface area contributed by atoms with Gasteiger partial charge >= 0.3 is 11.9 Å². The lowest BCUT2D eigenvalue weighted by molar-refractivity contribution is 0.0647. The molecule has 0 radical (unpaired) electrons. The first-order valence-corrected chi connectivity index (χ1v) is 12.7. The van der Waals surface area contributed by atoms with E-state index in [2.05, 4.69) is 14.7 Å². The number of rotatable bonds is 12. The molecule has 0 amide bonds. The van der Waals surface area contributed by atoms with Crippen molar-refractivity contribution in [3.05, 3.63) is 35.4 Å². The fraction of sp³-hybridized carbons (Fsp3) is 0.444. The van der Waals surface area contributed by atoms with Gasteiger partial charge in [0.1, 0.15) is 17.6 Å². The monoisotopic (exact) mass is 550 g/mol. The molecule has 0 unspecified atom stereocenters. The van der Waals surface area contributed by atoms with Gasteiger partial charge < -0.3 is 40.4 Å². The van der Waals surface area contributed by atoms with E-state index in [4.69, 9.17) is 50.5 Å². The summed E-state index contributed by atoms with van der Waals surface area (Å²) in [5.74, 6) is 1.63. The summed E-state index contributed by atoms with van der Waals surface area (Å²) in [5.41, 5.74) is 11.1. The third-order valence-corrected chi connectivity index (χ3v) is 6.60. The van der Waals surface area contributed by atoms with Crippen molar-refractivity contribution in [1.82, 2.24) is 19.9 Å². The van der Waals surface area contributed by atoms with Crippen molar-refractivity contribution in [3.63, 3.8) is 0 Å². The molecule has 0 saturated carbocycles. The van der Waals surface area contributed by atoms with Gasteiger partial charge in [-0.15, -0.1) is 0 Å². The van der Waals surface area contributed by atoms with Gasteiger partial charge in [0, 0.05) is 44.4 Å². The van der Waals surface area contributed by atoms with Crippen molar-refractivity contribution in [2.24, 2.45) is 11.5 Å². The Morgan fingerprint density at radius 3 is 2.06 bits per heavy atom. The molecule has 0 spiro atoms. The Hall–Kier alpha value is -2.56. The van der Waals surface area contributed by atoms with E-state index < -0.39 is 23.2 Å². The minimum absolute atomic E-state index is 0.421. The van der Waals surface area contributed by atoms with E-state index in [1.54, 1.807) is 23.5 Å². The summed E-state index contributed by atoms with van der Waals surface area (Å²) >= 11 is 13.4. The Balaban J connectivity index is 0.000000437. The number of carbonyl (C=O) groups is 2. The van der Waals surface area contributed by atoms with Crippen LogP contribution in [0.5, 0.6) is 0 Å². The highest BCUT2D eigenvalue weighted by Crippen LogP contribution is 2.20. The van der Waals surface area contributed by atoms with Gasteiger partial charge in [-0.05, 0) is 24.4 Å². The molecular weight excluding hydrogens is 525 g/mol. The van der Waals surface area contributed by atoms with Crippen LogP contribution in [0.25, 0.3) is 0 Å². The van der Waals surface area contributed by atoms with Crippen LogP contribution in [0.2, 0.25) is 0 Å². The summed E-state index contributed by atoms with van der Waals surface area (Å²) < 4.78 is 9.63. The predicted octanol–water partition coefficient (Wildman–Crippen LogP) is 1.56. The molecule has 6 N–H and O–H groups in total. The Labute approximate surface area is 215 Å². The molecule has 0 atom stereocenters. The minimum Gasteiger partial charge on any atom is -0.477 e. The molecule has 2 rings (SSSR count). The number of oxazole rings is 1. The summed E-state index contributed by atoms with van der Waals surface area (Å²) in [6.07, 6.45) is 2.28. The fourth-order valence-corrected chi connectivity index (χ4v) is 4.15. The Morgan fingerprint density at radius 2 is 1.59 bits per heavy atom. The third-order valence-electron chi connectivity index (χ3n) is 4.09. The molecular formula is C18H26N6O6S4. The van der Waals surface area contributed by atoms with Crippen LogP contribution in [-0.4, -0.2) is 91.0 Å². The zero-order valence-electron chi connectivity index (χ0n) is 18.5. The number of nitrogens with zero attached hydrogens (tertiary/aromatic N) is 4. The van der Waals surface area contributed by atoms with E-state index in [0.717, 1.165) is 53.8 Å². The lowest BCUT2D eigenvalue weighted by Crippen LogP contribution is -2.33. The number of aromatic carboxylic acids is 2. The molecule has 2 aromatic heterocycles. The molecule has 12 nitrogen and oxygen atoms in total. The number of nitrogens with two attached hydrogens (primary N) is 2. The highest BCUT2D eigenvalue weighted by molar-refractivity contribution is 7.98. The largest absolute Gasteiger partial charge is 0.477 e. The number of carboxylic acids is 2. The van der Waals surface area contributed by atoms with Crippen LogP contribution in [-0.2, 0) is 11.5 Å². The normalized spacial score (nSPS) is 10.2. The van der Waals surface area contributed by atoms with Crippen molar-refractivity contribution in [2.75, 3.05) is 38.7 Å². The molecule has 0 aliphatic rings. The van der Waals surface area contributed by atoms with Crippen LogP contribution in [0.4, 0.5) is 0 Å². The number of hydrogen-bond acceptors (Lipinski definition) is 10. The van der Waals surface area contributed by atoms with E-state index in [0.29, 0.717) is 10.2 Å². The van der Waals surface area contributed by atoms with Crippen molar-refractivity contribution in [1.29, 1.82) is 0 Å². The molecule has 188 valence electrons. The van der Waals surface area contributed by atoms with Gasteiger partial charge in [-0.25, -0.2) is 14.6 Å². The summed E-state index contributed by atoms with van der Waals surface area (Å²) in [6, 6.07) is 0. The van der Waals surface area contributed by atoms with E-state index in [1.807, 2.05) is 23.9 Å². The summed E-state index contributed by atoms with van der Waals surface area (Å²) in [5, 5.41) is 20.5. The van der Waals surface area contributed by atoms with Crippen LogP contribution in [0.3, 0.4) is 0 Å². The Bertz CT molecular complexity index is 897. The lowest BCUT2D eigenvalue weighted by Gasteiger charge is -2.16. The molecule has 2 aromatic rings. The number of aromatic nitrogens is 2. The number of thiocarbonyl (C=S) groups is 2. The standard InChI is InChI=1S/C13H23N5OS4.C5H3NO5/c1-17(12(14)20)3-5-22-7-10-11(19-9-16-10)8-23-6-4-18(2)13(15)21;7-4(8)2-1-11-6-3(2)5(9)10/h9H,3-8H2,1-2H3,(H2,14,20)(H2,15,21);1H,(H,7,8)(H,9,10). The van der Waals surface area contributed by atoms with Crippen molar-refractivity contribution in [3.8, 4) is 0 Å². The van der Waals surface area contributed by atoms with E-state index in [1.165, 1.54) is 6.39 Å². The Morgan fingerprint density at radius 1 is 1.03 bits per heavy atom. The van der Waals surface area contributed by atoms with Crippen molar-refractivity contribution < 1.29 is 28.7 Å². The first-order chi connectivity index (χ1) is 16.0. The fourth-order valence-electron chi connectivity index (χ4n) is 2.03. The van der Waals surface area contributed by atoms with E-state index in [-0.39, 0.29) is 0 Å². The molecule has 2 heterocycles. The molecule has 34 heavy (non-hydrogen) atoms. The topological polar surface area (TPSA) is 185 Å². The van der Waals surface area contributed by atoms with Crippen LogP contribution < -0.4 is 11.5 Å². The summed E-state index contributed by atoms with van der Waals surface area (Å²) in [7, 11) is 3.79. The third kappa shape index (κ3) is 10.6. The zero-order valence-corrected chi connectivity index (χ0v) is 21.8. The van der Waals surface area contributed by atoms with Crippen molar-refractivity contribution in [2.45, 2.75) is 11.5 Å². The first kappa shape index (κ1) is 29.5. The summed E-state index contributed by atoms with van der Waals surface area (Å²) in [4.78, 5) is 28.4. The zero-order chi connectivity index (χ0) is 25.7. The molecule has 0 fully saturated rings. The highest BCUT2D eigenvalue weighted by Gasteiger charge is 2.20. The molecule has 0 aromatic carbocycles. The van der Waals surface area contributed by atoms with E-state index in [9.17, 15) is 9.59 Å². The van der Waals surface area contributed by atoms with E-state index >= 15 is 0 Å². The maximum Gasteiger partial charge on any atom is 0.359 e. The number of thioether (sulfide) groups is 2. The average molecular weight is 551 g/mol. The van der Waals surface area contributed by atoms with Gasteiger partial charge in [0.15, 0.2) is 16.6 Å². The van der Waals surface area contributed by atoms with Crippen molar-refractivity contribution >= 4 is 70.1 Å². The van der Waals surface area contributed by atoms with Gasteiger partial charge in [-0.1, -0.05) is 5.16 Å². The molecule has 0 aliphatic heterocycles. The van der Waals surface area contributed by atoms with Crippen LogP contribution in [0.1, 0.15) is 32.3 Å². The Kier molecular flexibility index (Phi) is 13.3.